The lowest BCUT2D eigenvalue weighted by Gasteiger charge is -2.10. The molecule has 4 rings (SSSR count). The quantitative estimate of drug-likeness (QED) is 0.395. The molecule has 10 heteroatoms. The predicted octanol–water partition coefficient (Wildman–Crippen LogP) is 5.24. The van der Waals surface area contributed by atoms with E-state index in [4.69, 9.17) is 16.3 Å². The van der Waals surface area contributed by atoms with Crippen LogP contribution in [0.2, 0.25) is 5.15 Å². The van der Waals surface area contributed by atoms with E-state index in [-0.39, 0.29) is 6.54 Å². The molecule has 31 heavy (non-hydrogen) atoms. The second-order valence-electron chi connectivity index (χ2n) is 6.81. The van der Waals surface area contributed by atoms with E-state index < -0.39 is 11.9 Å². The van der Waals surface area contributed by atoms with Gasteiger partial charge in [0.2, 0.25) is 0 Å². The summed E-state index contributed by atoms with van der Waals surface area (Å²) < 4.78 is 43.0. The smallest absolute Gasteiger partial charge is 0.433 e. The number of hydrogen-bond donors (Lipinski definition) is 2. The van der Waals surface area contributed by atoms with Crippen LogP contribution in [-0.2, 0) is 19.1 Å². The number of hydrogen-bond acceptors (Lipinski definition) is 5. The van der Waals surface area contributed by atoms with Gasteiger partial charge >= 0.3 is 6.18 Å². The van der Waals surface area contributed by atoms with Crippen molar-refractivity contribution in [3.05, 3.63) is 76.5 Å². The van der Waals surface area contributed by atoms with Gasteiger partial charge in [0.05, 0.1) is 13.3 Å². The Bertz CT molecular complexity index is 1210. The summed E-state index contributed by atoms with van der Waals surface area (Å²) in [5, 5.41) is 4.31. The molecule has 0 aromatic carbocycles. The van der Waals surface area contributed by atoms with Crippen molar-refractivity contribution < 1.29 is 17.9 Å². The van der Waals surface area contributed by atoms with Crippen LogP contribution in [0.4, 0.5) is 19.0 Å². The number of nitrogens with zero attached hydrogens (tertiary/aromatic N) is 3. The lowest BCUT2D eigenvalue weighted by atomic mass is 10.1. The molecule has 0 fully saturated rings. The first kappa shape index (κ1) is 20.9. The molecule has 160 valence electrons. The summed E-state index contributed by atoms with van der Waals surface area (Å²) in [6.07, 6.45) is 0.790. The predicted molar refractivity (Wildman–Crippen MR) is 111 cm³/mol. The maximum absolute atomic E-state index is 12.6. The maximum atomic E-state index is 12.6. The van der Waals surface area contributed by atoms with Gasteiger partial charge in [0.15, 0.2) is 0 Å². The molecular formula is C21H17ClF3N5O. The minimum absolute atomic E-state index is 0.266. The van der Waals surface area contributed by atoms with Gasteiger partial charge in [-0.3, -0.25) is 4.98 Å². The molecule has 0 atom stereocenters. The van der Waals surface area contributed by atoms with Crippen LogP contribution in [0.25, 0.3) is 11.0 Å². The molecule has 0 aliphatic heterocycles. The zero-order chi connectivity index (χ0) is 22.0. The number of pyridine rings is 3. The van der Waals surface area contributed by atoms with Crippen molar-refractivity contribution in [2.24, 2.45) is 0 Å². The van der Waals surface area contributed by atoms with Crippen LogP contribution in [0.5, 0.6) is 5.75 Å². The number of ether oxygens (including phenoxy) is 1. The van der Waals surface area contributed by atoms with Gasteiger partial charge in [0.1, 0.15) is 28.1 Å². The van der Waals surface area contributed by atoms with Gasteiger partial charge in [-0.1, -0.05) is 23.7 Å². The zero-order valence-electron chi connectivity index (χ0n) is 16.3. The highest BCUT2D eigenvalue weighted by molar-refractivity contribution is 6.30. The second kappa shape index (κ2) is 8.43. The molecule has 0 aliphatic carbocycles. The first-order valence-corrected chi connectivity index (χ1v) is 9.62. The monoisotopic (exact) mass is 447 g/mol. The molecule has 0 bridgehead atoms. The Morgan fingerprint density at radius 3 is 2.61 bits per heavy atom. The van der Waals surface area contributed by atoms with E-state index in [9.17, 15) is 13.2 Å². The maximum Gasteiger partial charge on any atom is 0.433 e. The normalized spacial score (nSPS) is 11.6. The third kappa shape index (κ3) is 4.72. The molecule has 4 aromatic heterocycles. The van der Waals surface area contributed by atoms with E-state index in [1.165, 1.54) is 12.3 Å². The average molecular weight is 448 g/mol. The zero-order valence-corrected chi connectivity index (χ0v) is 17.1. The number of nitrogens with one attached hydrogen (secondary N) is 2. The van der Waals surface area contributed by atoms with Gasteiger partial charge in [-0.2, -0.15) is 13.2 Å². The largest absolute Gasteiger partial charge is 0.495 e. The third-order valence-corrected chi connectivity index (χ3v) is 5.05. The lowest BCUT2D eigenvalue weighted by Crippen LogP contribution is -2.09. The van der Waals surface area contributed by atoms with Crippen LogP contribution >= 0.6 is 11.6 Å². The molecule has 0 aliphatic rings. The van der Waals surface area contributed by atoms with Crippen LogP contribution in [0, 0.1) is 0 Å². The molecule has 6 nitrogen and oxygen atoms in total. The Morgan fingerprint density at radius 2 is 1.94 bits per heavy atom. The second-order valence-corrected chi connectivity index (χ2v) is 7.17. The van der Waals surface area contributed by atoms with E-state index >= 15 is 0 Å². The minimum atomic E-state index is -4.46. The Hall–Kier alpha value is -3.33. The van der Waals surface area contributed by atoms with E-state index in [2.05, 4.69) is 25.3 Å². The van der Waals surface area contributed by atoms with Crippen molar-refractivity contribution in [3.8, 4) is 5.75 Å². The van der Waals surface area contributed by atoms with Gasteiger partial charge in [0.25, 0.3) is 0 Å². The summed E-state index contributed by atoms with van der Waals surface area (Å²) in [6, 6.07) is 7.86. The number of H-pyrrole nitrogens is 1. The van der Waals surface area contributed by atoms with Crippen molar-refractivity contribution >= 4 is 28.5 Å². The highest BCUT2D eigenvalue weighted by atomic mass is 35.5. The fourth-order valence-electron chi connectivity index (χ4n) is 3.08. The number of alkyl halides is 3. The minimum Gasteiger partial charge on any atom is -0.495 e. The fourth-order valence-corrected chi connectivity index (χ4v) is 3.31. The van der Waals surface area contributed by atoms with Gasteiger partial charge in [-0.25, -0.2) is 9.97 Å². The highest BCUT2D eigenvalue weighted by Crippen LogP contribution is 2.28. The van der Waals surface area contributed by atoms with Crippen molar-refractivity contribution in [2.75, 3.05) is 12.4 Å². The number of fused-ring (bicyclic) bond motifs is 1. The lowest BCUT2D eigenvalue weighted by molar-refractivity contribution is -0.141. The molecular weight excluding hydrogens is 431 g/mol. The summed E-state index contributed by atoms with van der Waals surface area (Å²) in [7, 11) is 1.59. The molecule has 2 N–H and O–H groups in total. The van der Waals surface area contributed by atoms with Crippen LogP contribution in [0.15, 0.2) is 48.9 Å². The van der Waals surface area contributed by atoms with Crippen LogP contribution in [-0.4, -0.2) is 27.0 Å². The van der Waals surface area contributed by atoms with Gasteiger partial charge < -0.3 is 15.0 Å². The molecule has 0 unspecified atom stereocenters. The molecule has 0 amide bonds. The SMILES string of the molecule is COc1cnc2[nH]cc(Cc3ccc(NCc4ccc(C(F)(F)F)nc4)nc3Cl)c2c1. The summed E-state index contributed by atoms with van der Waals surface area (Å²) in [4.78, 5) is 15.2. The first-order valence-electron chi connectivity index (χ1n) is 9.25. The number of rotatable bonds is 6. The molecule has 4 aromatic rings. The topological polar surface area (TPSA) is 75.7 Å². The van der Waals surface area contributed by atoms with Crippen molar-refractivity contribution in [1.82, 2.24) is 19.9 Å². The molecule has 4 heterocycles. The summed E-state index contributed by atoms with van der Waals surface area (Å²) in [5.41, 5.74) is 2.25. The van der Waals surface area contributed by atoms with E-state index in [0.29, 0.717) is 28.7 Å². The fraction of sp³-hybridized carbons (Fsp3) is 0.190. The van der Waals surface area contributed by atoms with Crippen LogP contribution < -0.4 is 10.1 Å². The number of aromatic nitrogens is 4. The van der Waals surface area contributed by atoms with Crippen molar-refractivity contribution in [2.45, 2.75) is 19.1 Å². The number of aromatic amines is 1. The summed E-state index contributed by atoms with van der Waals surface area (Å²) in [6.45, 7) is 0.266. The van der Waals surface area contributed by atoms with E-state index in [0.717, 1.165) is 28.2 Å². The van der Waals surface area contributed by atoms with Crippen molar-refractivity contribution in [3.63, 3.8) is 0 Å². The van der Waals surface area contributed by atoms with Gasteiger partial charge in [-0.05, 0) is 34.9 Å². The Balaban J connectivity index is 1.45. The molecule has 0 saturated carbocycles. The van der Waals surface area contributed by atoms with Crippen molar-refractivity contribution in [1.29, 1.82) is 0 Å². The summed E-state index contributed by atoms with van der Waals surface area (Å²) in [5.74, 6) is 1.17. The third-order valence-electron chi connectivity index (χ3n) is 4.72. The standard InChI is InChI=1S/C21H17ClF3N5O/c1-31-15-7-16-14(10-28-20(16)29-11-15)6-13-3-5-18(30-19(13)22)27-9-12-2-4-17(26-8-12)21(23,24)25/h2-5,7-8,10-11H,6,9H2,1H3,(H,27,30)(H,28,29). The average Bonchev–Trinajstić information content (AvgIpc) is 3.15. The number of anilines is 1. The Labute approximate surface area is 180 Å². The molecule has 0 spiro atoms. The molecule has 0 radical (unpaired) electrons. The molecule has 0 saturated heterocycles. The summed E-state index contributed by atoms with van der Waals surface area (Å²) >= 11 is 6.37. The Morgan fingerprint density at radius 1 is 1.10 bits per heavy atom. The van der Waals surface area contributed by atoms with E-state index in [1.807, 2.05) is 18.3 Å². The van der Waals surface area contributed by atoms with Crippen LogP contribution in [0.3, 0.4) is 0 Å². The van der Waals surface area contributed by atoms with Crippen LogP contribution in [0.1, 0.15) is 22.4 Å². The Kier molecular flexibility index (Phi) is 5.69. The van der Waals surface area contributed by atoms with E-state index in [1.54, 1.807) is 19.4 Å². The number of methoxy groups -OCH3 is 1. The number of halogens is 4. The first-order chi connectivity index (χ1) is 14.8. The van der Waals surface area contributed by atoms with Gasteiger partial charge in [0, 0.05) is 30.7 Å². The highest BCUT2D eigenvalue weighted by Gasteiger charge is 2.31. The van der Waals surface area contributed by atoms with Gasteiger partial charge in [-0.15, -0.1) is 0 Å².